The van der Waals surface area contributed by atoms with Crippen molar-refractivity contribution in [1.29, 1.82) is 0 Å². The fourth-order valence-corrected chi connectivity index (χ4v) is 2.46. The minimum Gasteiger partial charge on any atom is -0.481 e. The molecule has 1 unspecified atom stereocenters. The molecule has 0 bridgehead atoms. The van der Waals surface area contributed by atoms with Gasteiger partial charge in [-0.1, -0.05) is 37.3 Å². The van der Waals surface area contributed by atoms with Gasteiger partial charge in [0.2, 0.25) is 0 Å². The molecule has 0 aromatic heterocycles. The van der Waals surface area contributed by atoms with Gasteiger partial charge in [-0.25, -0.2) is 0 Å². The van der Waals surface area contributed by atoms with Crippen LogP contribution in [0.5, 0.6) is 0 Å². The second-order valence-electron chi connectivity index (χ2n) is 5.24. The fraction of sp³-hybridized carbons (Fsp3) is 0.533. The summed E-state index contributed by atoms with van der Waals surface area (Å²) in [5, 5.41) is 8.91. The lowest BCUT2D eigenvalue weighted by Crippen LogP contribution is -2.51. The van der Waals surface area contributed by atoms with Crippen LogP contribution in [0.1, 0.15) is 18.9 Å². The molecule has 2 rings (SSSR count). The van der Waals surface area contributed by atoms with Crippen LogP contribution in [-0.2, 0) is 11.2 Å². The van der Waals surface area contributed by atoms with Gasteiger partial charge in [0, 0.05) is 13.1 Å². The molecule has 0 amide bonds. The van der Waals surface area contributed by atoms with Gasteiger partial charge >= 0.3 is 5.97 Å². The maximum Gasteiger partial charge on any atom is 0.306 e. The molecule has 0 aliphatic carbocycles. The molecule has 0 saturated carbocycles. The van der Waals surface area contributed by atoms with Crippen molar-refractivity contribution in [3.63, 3.8) is 0 Å². The lowest BCUT2D eigenvalue weighted by molar-refractivity contribution is -0.145. The molecule has 1 N–H and O–H groups in total. The zero-order valence-electron chi connectivity index (χ0n) is 10.9. The first kappa shape index (κ1) is 13.1. The number of likely N-dealkylation sites (tertiary alicyclic amines) is 1. The van der Waals surface area contributed by atoms with Gasteiger partial charge in [0.25, 0.3) is 0 Å². The van der Waals surface area contributed by atoms with E-state index in [0.717, 1.165) is 32.5 Å². The highest BCUT2D eigenvalue weighted by Gasteiger charge is 2.33. The first-order valence-corrected chi connectivity index (χ1v) is 6.66. The Morgan fingerprint density at radius 3 is 2.67 bits per heavy atom. The molecule has 1 aromatic carbocycles. The van der Waals surface area contributed by atoms with Crippen LogP contribution in [0, 0.1) is 11.8 Å². The van der Waals surface area contributed by atoms with Crippen LogP contribution in [0.4, 0.5) is 0 Å². The average Bonchev–Trinajstić information content (AvgIpc) is 2.32. The number of carboxylic acids is 1. The maximum atomic E-state index is 10.8. The summed E-state index contributed by atoms with van der Waals surface area (Å²) in [6, 6.07) is 10.5. The van der Waals surface area contributed by atoms with Crippen LogP contribution in [-0.4, -0.2) is 35.6 Å². The van der Waals surface area contributed by atoms with Gasteiger partial charge in [-0.05, 0) is 30.9 Å². The lowest BCUT2D eigenvalue weighted by Gasteiger charge is -2.41. The molecule has 1 fully saturated rings. The number of carboxylic acid groups (broad SMARTS) is 1. The average molecular weight is 247 g/mol. The molecule has 1 atom stereocenters. The molecule has 1 aromatic rings. The highest BCUT2D eigenvalue weighted by Crippen LogP contribution is 2.24. The zero-order chi connectivity index (χ0) is 13.0. The molecule has 1 aliphatic heterocycles. The van der Waals surface area contributed by atoms with Gasteiger partial charge in [0.05, 0.1) is 5.92 Å². The Hall–Kier alpha value is -1.35. The van der Waals surface area contributed by atoms with Crippen LogP contribution < -0.4 is 0 Å². The normalized spacial score (nSPS) is 18.3. The third-order valence-electron chi connectivity index (χ3n) is 3.86. The Morgan fingerprint density at radius 1 is 1.39 bits per heavy atom. The second kappa shape index (κ2) is 6.01. The molecule has 0 spiro atoms. The molecular weight excluding hydrogens is 226 g/mol. The molecule has 0 radical (unpaired) electrons. The molecule has 3 heteroatoms. The Labute approximate surface area is 108 Å². The van der Waals surface area contributed by atoms with E-state index in [2.05, 4.69) is 29.2 Å². The van der Waals surface area contributed by atoms with E-state index in [0.29, 0.717) is 5.92 Å². The molecule has 98 valence electrons. The molecule has 3 nitrogen and oxygen atoms in total. The highest BCUT2D eigenvalue weighted by atomic mass is 16.4. The monoisotopic (exact) mass is 247 g/mol. The van der Waals surface area contributed by atoms with Crippen LogP contribution in [0.3, 0.4) is 0 Å². The number of rotatable bonds is 6. The predicted octanol–water partition coefficient (Wildman–Crippen LogP) is 2.27. The third-order valence-corrected chi connectivity index (χ3v) is 3.86. The van der Waals surface area contributed by atoms with Crippen molar-refractivity contribution in [2.45, 2.75) is 19.8 Å². The Bertz CT molecular complexity index is 385. The lowest BCUT2D eigenvalue weighted by atomic mass is 9.87. The predicted molar refractivity (Wildman–Crippen MR) is 71.5 cm³/mol. The van der Waals surface area contributed by atoms with Gasteiger partial charge in [0.15, 0.2) is 0 Å². The minimum absolute atomic E-state index is 0.199. The SMILES string of the molecule is CC(C(=O)O)C1CN(CCCc2ccccc2)C1. The summed E-state index contributed by atoms with van der Waals surface area (Å²) in [5.74, 6) is -0.515. The molecular formula is C15H21NO2. The van der Waals surface area contributed by atoms with Gasteiger partial charge in [0.1, 0.15) is 0 Å². The van der Waals surface area contributed by atoms with Crippen LogP contribution in [0.15, 0.2) is 30.3 Å². The first-order valence-electron chi connectivity index (χ1n) is 6.66. The van der Waals surface area contributed by atoms with Crippen molar-refractivity contribution in [3.05, 3.63) is 35.9 Å². The van der Waals surface area contributed by atoms with Crippen molar-refractivity contribution >= 4 is 5.97 Å². The molecule has 1 heterocycles. The number of aliphatic carboxylic acids is 1. The van der Waals surface area contributed by atoms with Gasteiger partial charge in [-0.15, -0.1) is 0 Å². The third kappa shape index (κ3) is 3.33. The van der Waals surface area contributed by atoms with Crippen LogP contribution in [0.25, 0.3) is 0 Å². The van der Waals surface area contributed by atoms with Gasteiger partial charge < -0.3 is 10.0 Å². The maximum absolute atomic E-state index is 10.8. The van der Waals surface area contributed by atoms with Crippen molar-refractivity contribution in [2.24, 2.45) is 11.8 Å². The molecule has 18 heavy (non-hydrogen) atoms. The smallest absolute Gasteiger partial charge is 0.306 e. The number of hydrogen-bond acceptors (Lipinski definition) is 2. The number of aryl methyl sites for hydroxylation is 1. The summed E-state index contributed by atoms with van der Waals surface area (Å²) in [7, 11) is 0. The topological polar surface area (TPSA) is 40.5 Å². The Morgan fingerprint density at radius 2 is 2.06 bits per heavy atom. The molecule has 1 saturated heterocycles. The largest absolute Gasteiger partial charge is 0.481 e. The van der Waals surface area contributed by atoms with Crippen molar-refractivity contribution in [2.75, 3.05) is 19.6 Å². The van der Waals surface area contributed by atoms with E-state index in [1.807, 2.05) is 13.0 Å². The number of nitrogens with zero attached hydrogens (tertiary/aromatic N) is 1. The second-order valence-corrected chi connectivity index (χ2v) is 5.24. The zero-order valence-corrected chi connectivity index (χ0v) is 10.9. The van der Waals surface area contributed by atoms with E-state index < -0.39 is 5.97 Å². The van der Waals surface area contributed by atoms with Crippen LogP contribution >= 0.6 is 0 Å². The first-order chi connectivity index (χ1) is 8.66. The van der Waals surface area contributed by atoms with E-state index in [-0.39, 0.29) is 5.92 Å². The highest BCUT2D eigenvalue weighted by molar-refractivity contribution is 5.70. The number of carbonyl (C=O) groups is 1. The van der Waals surface area contributed by atoms with E-state index in [1.54, 1.807) is 0 Å². The van der Waals surface area contributed by atoms with Gasteiger partial charge in [-0.3, -0.25) is 4.79 Å². The Balaban J connectivity index is 1.62. The van der Waals surface area contributed by atoms with E-state index in [4.69, 9.17) is 5.11 Å². The fourth-order valence-electron chi connectivity index (χ4n) is 2.46. The standard InChI is InChI=1S/C15H21NO2/c1-12(15(17)18)14-10-16(11-14)9-5-8-13-6-3-2-4-7-13/h2-4,6-7,12,14H,5,8-11H2,1H3,(H,17,18). The van der Waals surface area contributed by atoms with Crippen molar-refractivity contribution < 1.29 is 9.90 Å². The summed E-state index contributed by atoms with van der Waals surface area (Å²) < 4.78 is 0. The number of hydrogen-bond donors (Lipinski definition) is 1. The van der Waals surface area contributed by atoms with Crippen molar-refractivity contribution in [1.82, 2.24) is 4.90 Å². The Kier molecular flexibility index (Phi) is 4.37. The summed E-state index contributed by atoms with van der Waals surface area (Å²) in [6.45, 7) is 4.79. The number of benzene rings is 1. The van der Waals surface area contributed by atoms with Crippen LogP contribution in [0.2, 0.25) is 0 Å². The summed E-state index contributed by atoms with van der Waals surface area (Å²) >= 11 is 0. The molecule has 1 aliphatic rings. The summed E-state index contributed by atoms with van der Waals surface area (Å²) in [4.78, 5) is 13.2. The van der Waals surface area contributed by atoms with Gasteiger partial charge in [-0.2, -0.15) is 0 Å². The quantitative estimate of drug-likeness (QED) is 0.838. The minimum atomic E-state index is -0.663. The summed E-state index contributed by atoms with van der Waals surface area (Å²) in [6.07, 6.45) is 2.26. The van der Waals surface area contributed by atoms with E-state index in [1.165, 1.54) is 5.56 Å². The van der Waals surface area contributed by atoms with Crippen molar-refractivity contribution in [3.8, 4) is 0 Å². The van der Waals surface area contributed by atoms with E-state index >= 15 is 0 Å². The van der Waals surface area contributed by atoms with E-state index in [9.17, 15) is 4.79 Å². The summed E-state index contributed by atoms with van der Waals surface area (Å²) in [5.41, 5.74) is 1.38.